The van der Waals surface area contributed by atoms with Crippen molar-refractivity contribution >= 4 is 11.9 Å². The van der Waals surface area contributed by atoms with E-state index in [0.29, 0.717) is 18.6 Å². The molecule has 3 rings (SSSR count). The molecule has 0 radical (unpaired) electrons. The van der Waals surface area contributed by atoms with Crippen LogP contribution in [0.4, 0.5) is 0 Å². The van der Waals surface area contributed by atoms with Crippen molar-refractivity contribution in [2.75, 3.05) is 7.05 Å². The summed E-state index contributed by atoms with van der Waals surface area (Å²) in [5, 5.41) is 4.19. The molecule has 0 saturated carbocycles. The van der Waals surface area contributed by atoms with Crippen LogP contribution < -0.4 is 4.74 Å². The monoisotopic (exact) mass is 355 g/mol. The molecule has 2 atom stereocenters. The molecule has 2 aromatic rings. The Labute approximate surface area is 153 Å². The maximum atomic E-state index is 13.0. The molecule has 1 aromatic heterocycles. The Morgan fingerprint density at radius 3 is 2.62 bits per heavy atom. The summed E-state index contributed by atoms with van der Waals surface area (Å²) in [6, 6.07) is 3.60. The summed E-state index contributed by atoms with van der Waals surface area (Å²) in [5.74, 6) is -0.0871. The van der Waals surface area contributed by atoms with Gasteiger partial charge in [-0.1, -0.05) is 6.07 Å². The van der Waals surface area contributed by atoms with Crippen LogP contribution in [0, 0.1) is 26.7 Å². The predicted octanol–water partition coefficient (Wildman–Crippen LogP) is 2.86. The van der Waals surface area contributed by atoms with Gasteiger partial charge < -0.3 is 9.64 Å². The number of hydrogen-bond acceptors (Lipinski definition) is 4. The maximum absolute atomic E-state index is 13.0. The van der Waals surface area contributed by atoms with Crippen LogP contribution in [-0.4, -0.2) is 33.6 Å². The third kappa shape index (κ3) is 3.36. The van der Waals surface area contributed by atoms with Crippen LogP contribution >= 0.6 is 0 Å². The van der Waals surface area contributed by atoms with Crippen molar-refractivity contribution in [2.24, 2.45) is 13.0 Å². The number of amides is 1. The van der Waals surface area contributed by atoms with Gasteiger partial charge in [-0.05, 0) is 49.9 Å². The number of carbonyl (C=O) groups excluding carboxylic acids is 2. The van der Waals surface area contributed by atoms with E-state index in [0.717, 1.165) is 22.3 Å². The number of aryl methyl sites for hydroxylation is 3. The van der Waals surface area contributed by atoms with E-state index in [9.17, 15) is 9.59 Å². The number of benzene rings is 1. The Hall–Kier alpha value is -2.63. The molecule has 1 amide bonds. The lowest BCUT2D eigenvalue weighted by atomic mass is 9.86. The minimum absolute atomic E-state index is 0.0329. The molecule has 26 heavy (non-hydrogen) atoms. The van der Waals surface area contributed by atoms with E-state index in [2.05, 4.69) is 11.2 Å². The molecular weight excluding hydrogens is 330 g/mol. The standard InChI is InChI=1S/C20H25N3O3/c1-12-8-13(2)14(3)17(9-12)26-20(25)16-6-7-18(24)23(5)19(16)15-10-21-22(4)11-15/h8-11,16,19H,6-7H2,1-5H3/t16-,19+/m0/s1. The topological polar surface area (TPSA) is 64.4 Å². The van der Waals surface area contributed by atoms with Crippen molar-refractivity contribution in [1.29, 1.82) is 0 Å². The molecule has 0 N–H and O–H groups in total. The Balaban J connectivity index is 1.90. The number of piperidine rings is 1. The molecule has 6 nitrogen and oxygen atoms in total. The third-order valence-corrected chi connectivity index (χ3v) is 5.20. The fourth-order valence-electron chi connectivity index (χ4n) is 3.62. The van der Waals surface area contributed by atoms with Gasteiger partial charge in [0.05, 0.1) is 18.2 Å². The highest BCUT2D eigenvalue weighted by atomic mass is 16.5. The van der Waals surface area contributed by atoms with Crippen LogP contribution in [0.5, 0.6) is 5.75 Å². The summed E-state index contributed by atoms with van der Waals surface area (Å²) >= 11 is 0. The molecule has 138 valence electrons. The Morgan fingerprint density at radius 1 is 1.23 bits per heavy atom. The minimum Gasteiger partial charge on any atom is -0.426 e. The van der Waals surface area contributed by atoms with Crippen LogP contribution in [0.1, 0.15) is 41.1 Å². The average Bonchev–Trinajstić information content (AvgIpc) is 3.00. The molecule has 0 bridgehead atoms. The zero-order valence-corrected chi connectivity index (χ0v) is 15.9. The van der Waals surface area contributed by atoms with Gasteiger partial charge in [-0.15, -0.1) is 0 Å². The van der Waals surface area contributed by atoms with Crippen LogP contribution in [0.3, 0.4) is 0 Å². The van der Waals surface area contributed by atoms with Gasteiger partial charge in [0.1, 0.15) is 5.75 Å². The molecule has 2 heterocycles. The van der Waals surface area contributed by atoms with Gasteiger partial charge >= 0.3 is 5.97 Å². The van der Waals surface area contributed by atoms with E-state index in [-0.39, 0.29) is 17.9 Å². The molecule has 1 saturated heterocycles. The molecule has 0 aliphatic carbocycles. The Kier molecular flexibility index (Phi) is 4.85. The molecule has 1 aliphatic heterocycles. The highest BCUT2D eigenvalue weighted by molar-refractivity contribution is 5.83. The van der Waals surface area contributed by atoms with Crippen molar-refractivity contribution in [3.63, 3.8) is 0 Å². The van der Waals surface area contributed by atoms with Gasteiger partial charge in [0.25, 0.3) is 0 Å². The Morgan fingerprint density at radius 2 is 1.96 bits per heavy atom. The smallest absolute Gasteiger partial charge is 0.316 e. The fraction of sp³-hybridized carbons (Fsp3) is 0.450. The fourth-order valence-corrected chi connectivity index (χ4v) is 3.62. The molecule has 1 fully saturated rings. The lowest BCUT2D eigenvalue weighted by Crippen LogP contribution is -2.44. The first kappa shape index (κ1) is 18.2. The van der Waals surface area contributed by atoms with E-state index in [4.69, 9.17) is 4.74 Å². The first-order valence-corrected chi connectivity index (χ1v) is 8.81. The van der Waals surface area contributed by atoms with Crippen molar-refractivity contribution in [3.8, 4) is 5.75 Å². The lowest BCUT2D eigenvalue weighted by Gasteiger charge is -2.37. The molecule has 1 aromatic carbocycles. The van der Waals surface area contributed by atoms with Crippen molar-refractivity contribution < 1.29 is 14.3 Å². The first-order valence-electron chi connectivity index (χ1n) is 8.81. The predicted molar refractivity (Wildman–Crippen MR) is 97.7 cm³/mol. The van der Waals surface area contributed by atoms with Gasteiger partial charge in [-0.25, -0.2) is 0 Å². The minimum atomic E-state index is -0.415. The number of ether oxygens (including phenoxy) is 1. The normalized spacial score (nSPS) is 20.3. The van der Waals surface area contributed by atoms with Gasteiger partial charge in [0.15, 0.2) is 0 Å². The van der Waals surface area contributed by atoms with Gasteiger partial charge in [0.2, 0.25) is 5.91 Å². The van der Waals surface area contributed by atoms with Crippen LogP contribution in [0.25, 0.3) is 0 Å². The number of likely N-dealkylation sites (tertiary alicyclic amines) is 1. The second-order valence-electron chi connectivity index (χ2n) is 7.17. The summed E-state index contributed by atoms with van der Waals surface area (Å²) in [5.41, 5.74) is 3.95. The zero-order chi connectivity index (χ0) is 19.0. The van der Waals surface area contributed by atoms with E-state index in [1.54, 1.807) is 22.8 Å². The highest BCUT2D eigenvalue weighted by Gasteiger charge is 2.40. The average molecular weight is 355 g/mol. The van der Waals surface area contributed by atoms with Crippen molar-refractivity contribution in [1.82, 2.24) is 14.7 Å². The number of carbonyl (C=O) groups is 2. The van der Waals surface area contributed by atoms with Crippen molar-refractivity contribution in [3.05, 3.63) is 46.8 Å². The second-order valence-corrected chi connectivity index (χ2v) is 7.17. The van der Waals surface area contributed by atoms with Crippen LogP contribution in [0.15, 0.2) is 24.5 Å². The Bertz CT molecular complexity index is 856. The molecule has 6 heteroatoms. The maximum Gasteiger partial charge on any atom is 0.316 e. The summed E-state index contributed by atoms with van der Waals surface area (Å²) in [4.78, 5) is 26.8. The van der Waals surface area contributed by atoms with E-state index in [1.165, 1.54) is 0 Å². The number of aromatic nitrogens is 2. The molecule has 1 aliphatic rings. The number of hydrogen-bond donors (Lipinski definition) is 0. The van der Waals surface area contributed by atoms with E-state index in [1.807, 2.05) is 40.1 Å². The summed E-state index contributed by atoms with van der Waals surface area (Å²) in [7, 11) is 3.56. The number of nitrogens with zero attached hydrogens (tertiary/aromatic N) is 3. The molecular formula is C20H25N3O3. The first-order chi connectivity index (χ1) is 12.3. The van der Waals surface area contributed by atoms with Crippen molar-refractivity contribution in [2.45, 2.75) is 39.7 Å². The second kappa shape index (κ2) is 6.94. The zero-order valence-electron chi connectivity index (χ0n) is 15.9. The van der Waals surface area contributed by atoms with Gasteiger partial charge in [-0.2, -0.15) is 5.10 Å². The highest BCUT2D eigenvalue weighted by Crippen LogP contribution is 2.37. The van der Waals surface area contributed by atoms with Crippen LogP contribution in [0.2, 0.25) is 0 Å². The molecule has 0 spiro atoms. The van der Waals surface area contributed by atoms with Crippen LogP contribution in [-0.2, 0) is 16.6 Å². The summed E-state index contributed by atoms with van der Waals surface area (Å²) in [6.45, 7) is 5.94. The van der Waals surface area contributed by atoms with E-state index >= 15 is 0 Å². The van der Waals surface area contributed by atoms with Gasteiger partial charge in [0, 0.05) is 32.3 Å². The summed E-state index contributed by atoms with van der Waals surface area (Å²) < 4.78 is 7.46. The molecule has 0 unspecified atom stereocenters. The summed E-state index contributed by atoms with van der Waals surface area (Å²) in [6.07, 6.45) is 4.38. The lowest BCUT2D eigenvalue weighted by molar-refractivity contribution is -0.149. The third-order valence-electron chi connectivity index (χ3n) is 5.20. The van der Waals surface area contributed by atoms with E-state index < -0.39 is 5.92 Å². The largest absolute Gasteiger partial charge is 0.426 e. The number of rotatable bonds is 3. The SMILES string of the molecule is Cc1cc(C)c(C)c(OC(=O)[C@H]2CCC(=O)N(C)[C@@H]2c2cnn(C)c2)c1. The van der Waals surface area contributed by atoms with Gasteiger partial charge in [-0.3, -0.25) is 14.3 Å². The quantitative estimate of drug-likeness (QED) is 0.627. The number of esters is 1.